The Morgan fingerprint density at radius 3 is 2.93 bits per heavy atom. The van der Waals surface area contributed by atoms with Crippen molar-refractivity contribution in [3.63, 3.8) is 0 Å². The lowest BCUT2D eigenvalue weighted by molar-refractivity contribution is -0.136. The molecule has 0 amide bonds. The summed E-state index contributed by atoms with van der Waals surface area (Å²) in [6, 6.07) is 0. The molecule has 0 fully saturated rings. The highest BCUT2D eigenvalue weighted by molar-refractivity contribution is 5.69. The first-order chi connectivity index (χ1) is 6.63. The fraction of sp³-hybridized carbons (Fsp3) is 0.375. The number of hydrogen-bond donors (Lipinski definition) is 3. The quantitative estimate of drug-likeness (QED) is 0.622. The summed E-state index contributed by atoms with van der Waals surface area (Å²) in [7, 11) is 0. The lowest BCUT2D eigenvalue weighted by Gasteiger charge is -2.01. The van der Waals surface area contributed by atoms with Gasteiger partial charge in [-0.1, -0.05) is 0 Å². The van der Waals surface area contributed by atoms with Crippen LogP contribution >= 0.6 is 0 Å². The van der Waals surface area contributed by atoms with Crippen molar-refractivity contribution in [2.24, 2.45) is 0 Å². The van der Waals surface area contributed by atoms with Gasteiger partial charge in [0.2, 0.25) is 5.95 Å². The summed E-state index contributed by atoms with van der Waals surface area (Å²) in [4.78, 5) is 27.9. The lowest BCUT2D eigenvalue weighted by Crippen LogP contribution is -2.19. The van der Waals surface area contributed by atoms with Gasteiger partial charge in [0.25, 0.3) is 5.56 Å². The monoisotopic (exact) mass is 197 g/mol. The van der Waals surface area contributed by atoms with Crippen molar-refractivity contribution in [2.75, 3.05) is 11.9 Å². The number of hydrogen-bond acceptors (Lipinski definition) is 4. The maximum Gasteiger partial charge on any atom is 0.308 e. The number of aliphatic carboxylic acids is 1. The van der Waals surface area contributed by atoms with Crippen LogP contribution in [0.4, 0.5) is 5.95 Å². The van der Waals surface area contributed by atoms with Crippen LogP contribution in [0.1, 0.15) is 12.5 Å². The van der Waals surface area contributed by atoms with Gasteiger partial charge in [0.15, 0.2) is 0 Å². The van der Waals surface area contributed by atoms with Gasteiger partial charge >= 0.3 is 5.97 Å². The largest absolute Gasteiger partial charge is 0.481 e. The smallest absolute Gasteiger partial charge is 0.308 e. The number of carboxylic acids is 1. The van der Waals surface area contributed by atoms with Crippen LogP contribution in [0.2, 0.25) is 0 Å². The molecule has 0 unspecified atom stereocenters. The summed E-state index contributed by atoms with van der Waals surface area (Å²) < 4.78 is 0. The molecule has 0 aliphatic heterocycles. The van der Waals surface area contributed by atoms with Gasteiger partial charge in [0, 0.05) is 18.3 Å². The number of aromatic nitrogens is 2. The van der Waals surface area contributed by atoms with E-state index >= 15 is 0 Å². The van der Waals surface area contributed by atoms with Crippen LogP contribution in [0.3, 0.4) is 0 Å². The molecule has 1 aromatic heterocycles. The minimum absolute atomic E-state index is 0.152. The third kappa shape index (κ3) is 2.58. The Bertz CT molecular complexity index is 386. The molecule has 0 saturated carbocycles. The molecule has 0 spiro atoms. The molecular formula is C8H11N3O3. The number of nitrogens with one attached hydrogen (secondary N) is 2. The molecule has 0 saturated heterocycles. The summed E-state index contributed by atoms with van der Waals surface area (Å²) in [5, 5.41) is 11.3. The summed E-state index contributed by atoms with van der Waals surface area (Å²) in [6.07, 6.45) is 0.958. The van der Waals surface area contributed by atoms with Crippen molar-refractivity contribution in [1.82, 2.24) is 9.97 Å². The maximum absolute atomic E-state index is 11.3. The Morgan fingerprint density at radius 2 is 2.43 bits per heavy atom. The van der Waals surface area contributed by atoms with Crippen LogP contribution in [0.15, 0.2) is 11.0 Å². The zero-order valence-corrected chi connectivity index (χ0v) is 7.70. The number of nitrogens with zero attached hydrogens (tertiary/aromatic N) is 1. The standard InChI is InChI=1S/C8H11N3O3/c1-2-9-8-10-4-5(3-6(12)13)7(14)11-8/h4H,2-3H2,1H3,(H,12,13)(H2,9,10,11,14). The van der Waals surface area contributed by atoms with Gasteiger partial charge in [-0.3, -0.25) is 14.6 Å². The van der Waals surface area contributed by atoms with Crippen molar-refractivity contribution in [1.29, 1.82) is 0 Å². The summed E-state index contributed by atoms with van der Waals surface area (Å²) in [6.45, 7) is 2.51. The topological polar surface area (TPSA) is 95.1 Å². The number of anilines is 1. The highest BCUT2D eigenvalue weighted by atomic mass is 16.4. The second kappa shape index (κ2) is 4.40. The van der Waals surface area contributed by atoms with Crippen molar-refractivity contribution in [3.8, 4) is 0 Å². The third-order valence-electron chi connectivity index (χ3n) is 1.56. The predicted molar refractivity (Wildman–Crippen MR) is 50.4 cm³/mol. The minimum atomic E-state index is -1.05. The molecule has 76 valence electrons. The summed E-state index contributed by atoms with van der Waals surface area (Å²) >= 11 is 0. The van der Waals surface area contributed by atoms with E-state index in [4.69, 9.17) is 5.11 Å². The van der Waals surface area contributed by atoms with Gasteiger partial charge in [0.05, 0.1) is 6.42 Å². The number of rotatable bonds is 4. The van der Waals surface area contributed by atoms with Crippen molar-refractivity contribution in [3.05, 3.63) is 22.1 Å². The molecule has 0 aromatic carbocycles. The molecule has 6 nitrogen and oxygen atoms in total. The van der Waals surface area contributed by atoms with Crippen LogP contribution in [0.5, 0.6) is 0 Å². The van der Waals surface area contributed by atoms with Crippen molar-refractivity contribution in [2.45, 2.75) is 13.3 Å². The molecule has 0 aliphatic rings. The molecule has 1 aromatic rings. The maximum atomic E-state index is 11.3. The normalized spacial score (nSPS) is 9.79. The van der Waals surface area contributed by atoms with E-state index in [0.29, 0.717) is 12.5 Å². The van der Waals surface area contributed by atoms with Gasteiger partial charge in [-0.15, -0.1) is 0 Å². The molecule has 0 radical (unpaired) electrons. The Hall–Kier alpha value is -1.85. The Morgan fingerprint density at radius 1 is 1.71 bits per heavy atom. The molecule has 3 N–H and O–H groups in total. The van der Waals surface area contributed by atoms with Gasteiger partial charge < -0.3 is 10.4 Å². The van der Waals surface area contributed by atoms with E-state index in [-0.39, 0.29) is 12.0 Å². The highest BCUT2D eigenvalue weighted by Gasteiger charge is 2.06. The van der Waals surface area contributed by atoms with E-state index in [1.54, 1.807) is 0 Å². The molecule has 1 rings (SSSR count). The summed E-state index contributed by atoms with van der Waals surface area (Å²) in [5.74, 6) is -0.694. The molecule has 14 heavy (non-hydrogen) atoms. The van der Waals surface area contributed by atoms with E-state index < -0.39 is 11.5 Å². The van der Waals surface area contributed by atoms with Crippen LogP contribution in [0.25, 0.3) is 0 Å². The zero-order valence-electron chi connectivity index (χ0n) is 7.70. The van der Waals surface area contributed by atoms with Gasteiger partial charge in [-0.05, 0) is 6.92 Å². The number of carboxylic acid groups (broad SMARTS) is 1. The number of carbonyl (C=O) groups is 1. The fourth-order valence-corrected chi connectivity index (χ4v) is 0.967. The van der Waals surface area contributed by atoms with E-state index in [2.05, 4.69) is 15.3 Å². The zero-order chi connectivity index (χ0) is 10.6. The first-order valence-corrected chi connectivity index (χ1v) is 4.17. The molecule has 0 aliphatic carbocycles. The van der Waals surface area contributed by atoms with Gasteiger partial charge in [0.1, 0.15) is 0 Å². The van der Waals surface area contributed by atoms with Gasteiger partial charge in [-0.25, -0.2) is 4.98 Å². The van der Waals surface area contributed by atoms with E-state index in [1.807, 2.05) is 6.92 Å². The van der Waals surface area contributed by atoms with Gasteiger partial charge in [-0.2, -0.15) is 0 Å². The lowest BCUT2D eigenvalue weighted by atomic mass is 10.2. The molecule has 0 bridgehead atoms. The Labute approximate surface area is 80.0 Å². The van der Waals surface area contributed by atoms with Crippen molar-refractivity contribution >= 4 is 11.9 Å². The van der Waals surface area contributed by atoms with Crippen molar-refractivity contribution < 1.29 is 9.90 Å². The third-order valence-corrected chi connectivity index (χ3v) is 1.56. The van der Waals surface area contributed by atoms with E-state index in [1.165, 1.54) is 6.20 Å². The average Bonchev–Trinajstić information content (AvgIpc) is 2.10. The Kier molecular flexibility index (Phi) is 3.22. The van der Waals surface area contributed by atoms with Crippen LogP contribution < -0.4 is 10.9 Å². The SMILES string of the molecule is CCNc1ncc(CC(=O)O)c(=O)[nH]1. The highest BCUT2D eigenvalue weighted by Crippen LogP contribution is 1.95. The first kappa shape index (κ1) is 10.2. The Balaban J connectivity index is 2.90. The molecule has 1 heterocycles. The molecular weight excluding hydrogens is 186 g/mol. The summed E-state index contributed by atoms with van der Waals surface area (Å²) in [5.41, 5.74) is -0.266. The van der Waals surface area contributed by atoms with Crippen LogP contribution in [0, 0.1) is 0 Å². The molecule has 6 heteroatoms. The van der Waals surface area contributed by atoms with Crippen LogP contribution in [-0.4, -0.2) is 27.6 Å². The number of H-pyrrole nitrogens is 1. The fourth-order valence-electron chi connectivity index (χ4n) is 0.967. The second-order valence-electron chi connectivity index (χ2n) is 2.69. The van der Waals surface area contributed by atoms with Crippen LogP contribution in [-0.2, 0) is 11.2 Å². The van der Waals surface area contributed by atoms with E-state index in [9.17, 15) is 9.59 Å². The predicted octanol–water partition coefficient (Wildman–Crippen LogP) is -0.171. The first-order valence-electron chi connectivity index (χ1n) is 4.17. The second-order valence-corrected chi connectivity index (χ2v) is 2.69. The van der Waals surface area contributed by atoms with E-state index in [0.717, 1.165) is 0 Å². The molecule has 0 atom stereocenters. The minimum Gasteiger partial charge on any atom is -0.481 e. The number of aromatic amines is 1. The average molecular weight is 197 g/mol.